The summed E-state index contributed by atoms with van der Waals surface area (Å²) in [6, 6.07) is 8.04. The predicted molar refractivity (Wildman–Crippen MR) is 142 cm³/mol. The highest BCUT2D eigenvalue weighted by atomic mass is 19.1. The Morgan fingerprint density at radius 2 is 2.13 bits per heavy atom. The van der Waals surface area contributed by atoms with E-state index in [1.807, 2.05) is 4.90 Å². The molecule has 6 rings (SSSR count). The van der Waals surface area contributed by atoms with Gasteiger partial charge in [-0.2, -0.15) is 14.6 Å². The smallest absolute Gasteiger partial charge is 0.239 e. The summed E-state index contributed by atoms with van der Waals surface area (Å²) in [7, 11) is 2.08. The Hall–Kier alpha value is -4.36. The third-order valence-electron chi connectivity index (χ3n) is 7.37. The van der Waals surface area contributed by atoms with Gasteiger partial charge in [0.2, 0.25) is 11.8 Å². The molecule has 1 unspecified atom stereocenters. The van der Waals surface area contributed by atoms with Crippen LogP contribution in [0.25, 0.3) is 27.5 Å². The number of terminal acetylenes is 1. The second-order valence-electron chi connectivity index (χ2n) is 9.76. The van der Waals surface area contributed by atoms with Crippen molar-refractivity contribution in [1.82, 2.24) is 24.8 Å². The summed E-state index contributed by atoms with van der Waals surface area (Å²) in [6.07, 6.45) is 9.49. The van der Waals surface area contributed by atoms with Crippen molar-refractivity contribution in [1.29, 1.82) is 0 Å². The number of likely N-dealkylation sites (N-methyl/N-ethyl adjacent to an activating group) is 1. The number of halogens is 1. The summed E-state index contributed by atoms with van der Waals surface area (Å²) in [6.45, 7) is 2.76. The van der Waals surface area contributed by atoms with Crippen LogP contribution in [0.15, 0.2) is 36.5 Å². The van der Waals surface area contributed by atoms with E-state index in [-0.39, 0.29) is 29.8 Å². The lowest BCUT2D eigenvalue weighted by molar-refractivity contribution is -0.120. The molecule has 0 bridgehead atoms. The van der Waals surface area contributed by atoms with Crippen LogP contribution in [-0.4, -0.2) is 76.4 Å². The fraction of sp³-hybridized carbons (Fsp3) is 0.321. The zero-order valence-electron chi connectivity index (χ0n) is 20.9. The molecule has 1 amide bonds. The molecule has 2 N–H and O–H groups in total. The van der Waals surface area contributed by atoms with Crippen LogP contribution >= 0.6 is 0 Å². The first-order valence-electron chi connectivity index (χ1n) is 12.6. The number of nitrogens with zero attached hydrogens (tertiary/aromatic N) is 5. The molecule has 9 nitrogen and oxygen atoms in total. The number of nitrogens with one attached hydrogen (secondary N) is 1. The molecule has 0 saturated carbocycles. The van der Waals surface area contributed by atoms with Gasteiger partial charge in [-0.1, -0.05) is 12.0 Å². The number of likely N-dealkylation sites (tertiary alicyclic amines) is 1. The van der Waals surface area contributed by atoms with E-state index in [0.29, 0.717) is 58.9 Å². The van der Waals surface area contributed by atoms with Crippen molar-refractivity contribution in [3.63, 3.8) is 0 Å². The molecule has 2 aromatic heterocycles. The summed E-state index contributed by atoms with van der Waals surface area (Å²) in [5, 5.41) is 19.0. The Morgan fingerprint density at radius 3 is 2.89 bits per heavy atom. The number of anilines is 1. The highest BCUT2D eigenvalue weighted by Gasteiger charge is 2.25. The van der Waals surface area contributed by atoms with E-state index in [4.69, 9.17) is 16.1 Å². The van der Waals surface area contributed by atoms with Crippen LogP contribution in [0.1, 0.15) is 18.4 Å². The largest absolute Gasteiger partial charge is 0.508 e. The number of aromatic hydroxyl groups is 1. The minimum absolute atomic E-state index is 0.00558. The van der Waals surface area contributed by atoms with Gasteiger partial charge in [0.05, 0.1) is 18.3 Å². The van der Waals surface area contributed by atoms with Crippen molar-refractivity contribution < 1.29 is 19.0 Å². The molecule has 4 heterocycles. The Morgan fingerprint density at radius 1 is 1.26 bits per heavy atom. The van der Waals surface area contributed by atoms with E-state index in [1.165, 1.54) is 12.1 Å². The molecule has 2 aromatic carbocycles. The summed E-state index contributed by atoms with van der Waals surface area (Å²) in [5.74, 6) is 2.90. The topological polar surface area (TPSA) is 95.2 Å². The van der Waals surface area contributed by atoms with Crippen molar-refractivity contribution in [2.75, 3.05) is 44.7 Å². The van der Waals surface area contributed by atoms with E-state index >= 15 is 0 Å². The molecule has 194 valence electrons. The molecule has 2 fully saturated rings. The zero-order chi connectivity index (χ0) is 26.4. The predicted octanol–water partition coefficient (Wildman–Crippen LogP) is 2.78. The van der Waals surface area contributed by atoms with E-state index in [2.05, 4.69) is 28.3 Å². The highest BCUT2D eigenvalue weighted by molar-refractivity contribution is 6.04. The Kier molecular flexibility index (Phi) is 6.00. The van der Waals surface area contributed by atoms with Crippen molar-refractivity contribution >= 4 is 28.1 Å². The molecule has 10 heteroatoms. The maximum absolute atomic E-state index is 14.7. The van der Waals surface area contributed by atoms with Crippen LogP contribution in [0.4, 0.5) is 10.2 Å². The molecule has 1 atom stereocenters. The van der Waals surface area contributed by atoms with E-state index in [9.17, 15) is 14.3 Å². The zero-order valence-corrected chi connectivity index (χ0v) is 20.9. The van der Waals surface area contributed by atoms with Crippen LogP contribution in [0.2, 0.25) is 0 Å². The number of benzene rings is 2. The second kappa shape index (κ2) is 9.50. The number of amides is 1. The number of fused-ring (bicyclic) bond motifs is 2. The normalized spacial score (nSPS) is 18.2. The first-order chi connectivity index (χ1) is 18.4. The number of hydrogen-bond donors (Lipinski definition) is 2. The lowest BCUT2D eigenvalue weighted by Crippen LogP contribution is -2.48. The summed E-state index contributed by atoms with van der Waals surface area (Å²) in [5.41, 5.74) is 1.60. The monoisotopic (exact) mass is 514 g/mol. The van der Waals surface area contributed by atoms with Crippen LogP contribution < -0.4 is 15.0 Å². The quantitative estimate of drug-likeness (QED) is 0.396. The molecular weight excluding hydrogens is 487 g/mol. The number of rotatable bonds is 5. The minimum atomic E-state index is -0.527. The number of phenolic OH excluding ortho intramolecular Hbond substituents is 1. The van der Waals surface area contributed by atoms with Crippen molar-refractivity contribution in [2.24, 2.45) is 0 Å². The van der Waals surface area contributed by atoms with Crippen LogP contribution in [0.5, 0.6) is 11.6 Å². The Bertz CT molecular complexity index is 1610. The number of carbonyl (C=O) groups excluding carboxylic acids is 1. The van der Waals surface area contributed by atoms with Gasteiger partial charge in [-0.3, -0.25) is 4.79 Å². The second-order valence-corrected chi connectivity index (χ2v) is 9.76. The molecule has 0 spiro atoms. The third-order valence-corrected chi connectivity index (χ3v) is 7.37. The van der Waals surface area contributed by atoms with Gasteiger partial charge in [0.15, 0.2) is 5.65 Å². The summed E-state index contributed by atoms with van der Waals surface area (Å²) in [4.78, 5) is 21.2. The van der Waals surface area contributed by atoms with Gasteiger partial charge in [-0.05, 0) is 55.6 Å². The van der Waals surface area contributed by atoms with Crippen molar-refractivity contribution in [3.05, 3.63) is 47.9 Å². The average Bonchev–Trinajstić information content (AvgIpc) is 3.52. The first kappa shape index (κ1) is 24.0. The number of aromatic nitrogens is 3. The number of piperazine rings is 1. The van der Waals surface area contributed by atoms with E-state index in [1.54, 1.807) is 28.9 Å². The number of ether oxygens (including phenoxy) is 1. The summed E-state index contributed by atoms with van der Waals surface area (Å²) >= 11 is 0. The standard InChI is InChI=1S/C28H27FN6O3/c1-3-20-23(29)7-6-17-11-19(36)12-21(27(17)20)22-14-31-35-26(34-10-8-30-24(37)15-34)13-25(32-28(22)35)38-16-18-5-4-9-33(18)2/h1,6-7,11-14,18,36H,4-5,8-10,15-16H2,2H3,(H,30,37). The lowest BCUT2D eigenvalue weighted by Gasteiger charge is -2.29. The third kappa shape index (κ3) is 4.15. The molecule has 4 aromatic rings. The molecule has 2 saturated heterocycles. The fourth-order valence-electron chi connectivity index (χ4n) is 5.40. The van der Waals surface area contributed by atoms with Crippen LogP contribution in [0, 0.1) is 18.2 Å². The number of phenols is 1. The van der Waals surface area contributed by atoms with Crippen molar-refractivity contribution in [3.8, 4) is 35.1 Å². The SMILES string of the molecule is C#Cc1c(F)ccc2cc(O)cc(-c3cnn4c(N5CCNC(=O)C5)cc(OCC5CCCN5C)nc34)c12. The first-order valence-corrected chi connectivity index (χ1v) is 12.6. The molecule has 0 radical (unpaired) electrons. The molecule has 2 aliphatic rings. The van der Waals surface area contributed by atoms with Gasteiger partial charge < -0.3 is 25.0 Å². The molecule has 0 aliphatic carbocycles. The minimum Gasteiger partial charge on any atom is -0.508 e. The highest BCUT2D eigenvalue weighted by Crippen LogP contribution is 2.38. The van der Waals surface area contributed by atoms with Gasteiger partial charge >= 0.3 is 0 Å². The van der Waals surface area contributed by atoms with Gasteiger partial charge in [0.25, 0.3) is 0 Å². The fourth-order valence-corrected chi connectivity index (χ4v) is 5.40. The maximum Gasteiger partial charge on any atom is 0.239 e. The van der Waals surface area contributed by atoms with Gasteiger partial charge in [-0.15, -0.1) is 6.42 Å². The Balaban J connectivity index is 1.53. The molecule has 38 heavy (non-hydrogen) atoms. The van der Waals surface area contributed by atoms with Gasteiger partial charge in [0.1, 0.15) is 24.0 Å². The lowest BCUT2D eigenvalue weighted by atomic mass is 9.95. The van der Waals surface area contributed by atoms with Gasteiger partial charge in [-0.25, -0.2) is 4.39 Å². The molecule has 2 aliphatic heterocycles. The van der Waals surface area contributed by atoms with Gasteiger partial charge in [0, 0.05) is 36.1 Å². The Labute approximate surface area is 218 Å². The van der Waals surface area contributed by atoms with Crippen LogP contribution in [-0.2, 0) is 4.79 Å². The maximum atomic E-state index is 14.7. The average molecular weight is 515 g/mol. The number of hydrogen-bond acceptors (Lipinski definition) is 7. The summed E-state index contributed by atoms with van der Waals surface area (Å²) < 4.78 is 22.6. The van der Waals surface area contributed by atoms with Crippen LogP contribution in [0.3, 0.4) is 0 Å². The number of carbonyl (C=O) groups is 1. The van der Waals surface area contributed by atoms with E-state index in [0.717, 1.165) is 19.4 Å². The molecular formula is C28H27FN6O3. The van der Waals surface area contributed by atoms with Crippen molar-refractivity contribution in [2.45, 2.75) is 18.9 Å². The van der Waals surface area contributed by atoms with E-state index < -0.39 is 5.82 Å².